The van der Waals surface area contributed by atoms with Crippen molar-refractivity contribution in [3.8, 4) is 0 Å². The Morgan fingerprint density at radius 1 is 1.58 bits per heavy atom. The monoisotopic (exact) mass is 285 g/mol. The second-order valence-corrected chi connectivity index (χ2v) is 6.63. The fourth-order valence-electron chi connectivity index (χ4n) is 2.22. The van der Waals surface area contributed by atoms with Gasteiger partial charge in [0, 0.05) is 19.3 Å². The van der Waals surface area contributed by atoms with Gasteiger partial charge < -0.3 is 10.5 Å². The molecule has 1 atom stereocenters. The fourth-order valence-corrected chi connectivity index (χ4v) is 3.84. The minimum atomic E-state index is -3.63. The van der Waals surface area contributed by atoms with Crippen LogP contribution < -0.4 is 10.5 Å². The molecule has 1 saturated heterocycles. The van der Waals surface area contributed by atoms with Crippen LogP contribution in [-0.4, -0.2) is 32.2 Å². The molecule has 1 aromatic rings. The average Bonchev–Trinajstić information content (AvgIpc) is 2.38. The summed E-state index contributed by atoms with van der Waals surface area (Å²) in [7, 11) is -3.63. The maximum absolute atomic E-state index is 12.4. The lowest BCUT2D eigenvalue weighted by Crippen LogP contribution is -2.51. The number of sulfonamides is 1. The number of aromatic nitrogens is 1. The van der Waals surface area contributed by atoms with E-state index >= 15 is 0 Å². The average molecular weight is 285 g/mol. The van der Waals surface area contributed by atoms with Crippen molar-refractivity contribution in [3.63, 3.8) is 0 Å². The van der Waals surface area contributed by atoms with E-state index in [1.807, 2.05) is 6.92 Å². The molecule has 2 rings (SSSR count). The first-order chi connectivity index (χ1) is 8.97. The van der Waals surface area contributed by atoms with Crippen LogP contribution in [0.5, 0.6) is 0 Å². The zero-order chi connectivity index (χ0) is 13.9. The van der Waals surface area contributed by atoms with Gasteiger partial charge in [0.2, 0.25) is 10.0 Å². The lowest BCUT2D eigenvalue weighted by molar-refractivity contribution is 0.0386. The maximum Gasteiger partial charge on any atom is 0.243 e. The van der Waals surface area contributed by atoms with Gasteiger partial charge in [0.25, 0.3) is 0 Å². The largest absolute Gasteiger partial charge is 0.380 e. The van der Waals surface area contributed by atoms with Crippen molar-refractivity contribution in [3.05, 3.63) is 24.0 Å². The molecule has 3 N–H and O–H groups in total. The first-order valence-corrected chi connectivity index (χ1v) is 7.71. The summed E-state index contributed by atoms with van der Waals surface area (Å²) in [4.78, 5) is 4.15. The molecule has 1 unspecified atom stereocenters. The number of pyridine rings is 1. The van der Waals surface area contributed by atoms with Crippen LogP contribution in [0.1, 0.15) is 25.5 Å². The molecule has 106 valence electrons. The molecule has 0 bridgehead atoms. The van der Waals surface area contributed by atoms with Crippen molar-refractivity contribution in [2.45, 2.75) is 36.7 Å². The van der Waals surface area contributed by atoms with Gasteiger partial charge in [-0.3, -0.25) is 4.98 Å². The standard InChI is InChI=1S/C12H19N3O3S/c1-12(5-3-7-18-9-12)15-19(16,17)11-4-2-6-14-10(11)8-13/h2,4,6,15H,3,5,7-9,13H2,1H3. The van der Waals surface area contributed by atoms with E-state index in [1.165, 1.54) is 12.3 Å². The smallest absolute Gasteiger partial charge is 0.243 e. The number of hydrogen-bond donors (Lipinski definition) is 2. The Bertz CT molecular complexity index is 539. The summed E-state index contributed by atoms with van der Waals surface area (Å²) >= 11 is 0. The highest BCUT2D eigenvalue weighted by Crippen LogP contribution is 2.22. The SMILES string of the molecule is CC1(NS(=O)(=O)c2cccnc2CN)CCCOC1. The Morgan fingerprint density at radius 3 is 3.00 bits per heavy atom. The molecule has 0 radical (unpaired) electrons. The Labute approximate surface area is 113 Å². The summed E-state index contributed by atoms with van der Waals surface area (Å²) in [5.41, 5.74) is 5.33. The van der Waals surface area contributed by atoms with Gasteiger partial charge >= 0.3 is 0 Å². The first-order valence-electron chi connectivity index (χ1n) is 6.22. The zero-order valence-corrected chi connectivity index (χ0v) is 11.7. The molecule has 1 aromatic heterocycles. The maximum atomic E-state index is 12.4. The van der Waals surface area contributed by atoms with Crippen molar-refractivity contribution in [1.29, 1.82) is 0 Å². The van der Waals surface area contributed by atoms with Crippen molar-refractivity contribution >= 4 is 10.0 Å². The van der Waals surface area contributed by atoms with E-state index in [0.717, 1.165) is 12.8 Å². The van der Waals surface area contributed by atoms with Gasteiger partial charge in [-0.2, -0.15) is 0 Å². The molecule has 0 aliphatic carbocycles. The molecule has 0 spiro atoms. The second kappa shape index (κ2) is 5.54. The molecule has 1 fully saturated rings. The van der Waals surface area contributed by atoms with Crippen LogP contribution in [0.4, 0.5) is 0 Å². The van der Waals surface area contributed by atoms with E-state index in [-0.39, 0.29) is 11.4 Å². The number of nitrogens with two attached hydrogens (primary N) is 1. The third-order valence-corrected chi connectivity index (χ3v) is 4.86. The van der Waals surface area contributed by atoms with Crippen molar-refractivity contribution in [2.24, 2.45) is 5.73 Å². The lowest BCUT2D eigenvalue weighted by Gasteiger charge is -2.34. The van der Waals surface area contributed by atoms with E-state index in [1.54, 1.807) is 6.07 Å². The highest BCUT2D eigenvalue weighted by molar-refractivity contribution is 7.89. The van der Waals surface area contributed by atoms with E-state index < -0.39 is 15.6 Å². The topological polar surface area (TPSA) is 94.3 Å². The third-order valence-electron chi connectivity index (χ3n) is 3.15. The minimum Gasteiger partial charge on any atom is -0.380 e. The molecule has 1 aliphatic rings. The number of hydrogen-bond acceptors (Lipinski definition) is 5. The Morgan fingerprint density at radius 2 is 2.37 bits per heavy atom. The number of nitrogens with zero attached hydrogens (tertiary/aromatic N) is 1. The van der Waals surface area contributed by atoms with Gasteiger partial charge in [0.15, 0.2) is 0 Å². The number of nitrogens with one attached hydrogen (secondary N) is 1. The highest BCUT2D eigenvalue weighted by atomic mass is 32.2. The van der Waals surface area contributed by atoms with Crippen LogP contribution in [0.3, 0.4) is 0 Å². The molecule has 6 nitrogen and oxygen atoms in total. The number of ether oxygens (including phenoxy) is 1. The molecular formula is C12H19N3O3S. The van der Waals surface area contributed by atoms with Gasteiger partial charge in [-0.1, -0.05) is 0 Å². The van der Waals surface area contributed by atoms with E-state index in [0.29, 0.717) is 18.9 Å². The Hall–Kier alpha value is -1.02. The van der Waals surface area contributed by atoms with Crippen molar-refractivity contribution in [1.82, 2.24) is 9.71 Å². The second-order valence-electron chi connectivity index (χ2n) is 4.97. The van der Waals surface area contributed by atoms with Gasteiger partial charge in [-0.25, -0.2) is 13.1 Å². The molecule has 0 amide bonds. The Kier molecular flexibility index (Phi) is 4.19. The summed E-state index contributed by atoms with van der Waals surface area (Å²) in [5.74, 6) is 0. The summed E-state index contributed by atoms with van der Waals surface area (Å²) in [5, 5.41) is 0. The van der Waals surface area contributed by atoms with E-state index in [2.05, 4.69) is 9.71 Å². The van der Waals surface area contributed by atoms with E-state index in [9.17, 15) is 8.42 Å². The Balaban J connectivity index is 2.27. The molecule has 1 aliphatic heterocycles. The lowest BCUT2D eigenvalue weighted by atomic mass is 9.97. The van der Waals surface area contributed by atoms with Gasteiger partial charge in [0.1, 0.15) is 4.90 Å². The van der Waals surface area contributed by atoms with Crippen LogP contribution >= 0.6 is 0 Å². The molecule has 0 saturated carbocycles. The van der Waals surface area contributed by atoms with Crippen LogP contribution in [0.2, 0.25) is 0 Å². The highest BCUT2D eigenvalue weighted by Gasteiger charge is 2.33. The van der Waals surface area contributed by atoms with Gasteiger partial charge in [-0.05, 0) is 31.9 Å². The predicted octanol–water partition coefficient (Wildman–Crippen LogP) is 0.388. The third kappa shape index (κ3) is 3.30. The minimum absolute atomic E-state index is 0.0876. The summed E-state index contributed by atoms with van der Waals surface area (Å²) < 4.78 is 32.9. The van der Waals surface area contributed by atoms with Crippen molar-refractivity contribution < 1.29 is 13.2 Å². The summed E-state index contributed by atoms with van der Waals surface area (Å²) in [6, 6.07) is 3.11. The van der Waals surface area contributed by atoms with Crippen LogP contribution in [0.15, 0.2) is 23.2 Å². The molecular weight excluding hydrogens is 266 g/mol. The van der Waals surface area contributed by atoms with Crippen LogP contribution in [0, 0.1) is 0 Å². The predicted molar refractivity (Wildman–Crippen MR) is 70.9 cm³/mol. The van der Waals surface area contributed by atoms with Crippen molar-refractivity contribution in [2.75, 3.05) is 13.2 Å². The van der Waals surface area contributed by atoms with Gasteiger partial charge in [-0.15, -0.1) is 0 Å². The molecule has 0 aromatic carbocycles. The normalized spacial score (nSPS) is 24.3. The molecule has 7 heteroatoms. The molecule has 2 heterocycles. The molecule has 19 heavy (non-hydrogen) atoms. The fraction of sp³-hybridized carbons (Fsp3) is 0.583. The first kappa shape index (κ1) is 14.4. The van der Waals surface area contributed by atoms with Crippen LogP contribution in [0.25, 0.3) is 0 Å². The summed E-state index contributed by atoms with van der Waals surface area (Å²) in [6.07, 6.45) is 3.13. The van der Waals surface area contributed by atoms with Gasteiger partial charge in [0.05, 0.1) is 17.8 Å². The quantitative estimate of drug-likeness (QED) is 0.834. The van der Waals surface area contributed by atoms with Crippen LogP contribution in [-0.2, 0) is 21.3 Å². The number of rotatable bonds is 4. The summed E-state index contributed by atoms with van der Waals surface area (Å²) in [6.45, 7) is 3.00. The zero-order valence-electron chi connectivity index (χ0n) is 10.9. The van der Waals surface area contributed by atoms with E-state index in [4.69, 9.17) is 10.5 Å².